The van der Waals surface area contributed by atoms with Crippen LogP contribution in [0.25, 0.3) is 0 Å². The topological polar surface area (TPSA) is 62.4 Å². The molecule has 1 aromatic rings. The Morgan fingerprint density at radius 1 is 1.25 bits per heavy atom. The van der Waals surface area contributed by atoms with Crippen LogP contribution in [-0.4, -0.2) is 44.8 Å². The highest BCUT2D eigenvalue weighted by atomic mass is 16.5. The van der Waals surface area contributed by atoms with E-state index in [-0.39, 0.29) is 17.5 Å². The van der Waals surface area contributed by atoms with Gasteiger partial charge in [-0.05, 0) is 25.3 Å². The van der Waals surface area contributed by atoms with Gasteiger partial charge in [0.2, 0.25) is 5.91 Å². The van der Waals surface area contributed by atoms with E-state index in [0.29, 0.717) is 26.2 Å². The molecule has 1 aliphatic rings. The van der Waals surface area contributed by atoms with Crippen molar-refractivity contribution in [1.29, 1.82) is 0 Å². The summed E-state index contributed by atoms with van der Waals surface area (Å²) in [6.07, 6.45) is 4.66. The maximum Gasteiger partial charge on any atom is 0.234 e. The van der Waals surface area contributed by atoms with Crippen LogP contribution in [0.4, 0.5) is 0 Å². The van der Waals surface area contributed by atoms with Crippen molar-refractivity contribution < 1.29 is 9.53 Å². The van der Waals surface area contributed by atoms with Gasteiger partial charge >= 0.3 is 0 Å². The first-order valence-electron chi connectivity index (χ1n) is 8.94. The minimum atomic E-state index is 0.0114. The van der Waals surface area contributed by atoms with E-state index in [4.69, 9.17) is 4.74 Å². The van der Waals surface area contributed by atoms with Crippen molar-refractivity contribution in [3.63, 3.8) is 0 Å². The Bertz CT molecular complexity index is 487. The highest BCUT2D eigenvalue weighted by Gasteiger charge is 2.35. The van der Waals surface area contributed by atoms with Crippen molar-refractivity contribution in [1.82, 2.24) is 16.0 Å². The summed E-state index contributed by atoms with van der Waals surface area (Å²) in [6.45, 7) is 4.54. The van der Waals surface area contributed by atoms with E-state index in [1.807, 2.05) is 6.07 Å². The Balaban J connectivity index is 1.83. The maximum absolute atomic E-state index is 12.0. The number of nitrogens with one attached hydrogen (secondary N) is 3. The van der Waals surface area contributed by atoms with Crippen molar-refractivity contribution >= 4 is 5.91 Å². The lowest BCUT2D eigenvalue weighted by molar-refractivity contribution is -0.120. The number of carbonyl (C=O) groups is 1. The summed E-state index contributed by atoms with van der Waals surface area (Å²) in [7, 11) is 1.66. The van der Waals surface area contributed by atoms with Crippen LogP contribution in [0.2, 0.25) is 0 Å². The van der Waals surface area contributed by atoms with Gasteiger partial charge < -0.3 is 20.7 Å². The maximum atomic E-state index is 12.0. The Kier molecular flexibility index (Phi) is 7.69. The van der Waals surface area contributed by atoms with Crippen LogP contribution in [0.1, 0.15) is 44.2 Å². The van der Waals surface area contributed by atoms with Gasteiger partial charge in [-0.25, -0.2) is 0 Å². The molecule has 2 rings (SSSR count). The minimum Gasteiger partial charge on any atom is -0.383 e. The highest BCUT2D eigenvalue weighted by Crippen LogP contribution is 2.31. The van der Waals surface area contributed by atoms with Crippen LogP contribution in [0, 0.1) is 0 Å². The summed E-state index contributed by atoms with van der Waals surface area (Å²) >= 11 is 0. The van der Waals surface area contributed by atoms with E-state index >= 15 is 0 Å². The Labute approximate surface area is 145 Å². The molecule has 1 atom stereocenters. The van der Waals surface area contributed by atoms with Crippen molar-refractivity contribution in [3.8, 4) is 0 Å². The van der Waals surface area contributed by atoms with Crippen LogP contribution in [-0.2, 0) is 9.53 Å². The van der Waals surface area contributed by atoms with E-state index < -0.39 is 0 Å². The van der Waals surface area contributed by atoms with Gasteiger partial charge in [-0.2, -0.15) is 0 Å². The Morgan fingerprint density at radius 3 is 2.62 bits per heavy atom. The number of amides is 1. The molecule has 5 heteroatoms. The average molecular weight is 333 g/mol. The van der Waals surface area contributed by atoms with Crippen molar-refractivity contribution in [2.24, 2.45) is 0 Å². The lowest BCUT2D eigenvalue weighted by Gasteiger charge is -2.34. The summed E-state index contributed by atoms with van der Waals surface area (Å²) in [4.78, 5) is 12.0. The van der Waals surface area contributed by atoms with Gasteiger partial charge in [-0.15, -0.1) is 0 Å². The highest BCUT2D eigenvalue weighted by molar-refractivity contribution is 5.78. The third kappa shape index (κ3) is 5.89. The second-order valence-corrected chi connectivity index (χ2v) is 6.71. The normalized spacial score (nSPS) is 17.6. The summed E-state index contributed by atoms with van der Waals surface area (Å²) in [5.74, 6) is 0.0477. The monoisotopic (exact) mass is 333 g/mol. The fourth-order valence-electron chi connectivity index (χ4n) is 3.41. The summed E-state index contributed by atoms with van der Waals surface area (Å²) in [5, 5.41) is 9.96. The summed E-state index contributed by atoms with van der Waals surface area (Å²) < 4.78 is 4.96. The van der Waals surface area contributed by atoms with E-state index in [9.17, 15) is 4.79 Å². The number of methoxy groups -OCH3 is 1. The first-order chi connectivity index (χ1) is 11.7. The second-order valence-electron chi connectivity index (χ2n) is 6.71. The number of benzene rings is 1. The molecule has 0 heterocycles. The van der Waals surface area contributed by atoms with E-state index in [2.05, 4.69) is 47.1 Å². The lowest BCUT2D eigenvalue weighted by Crippen LogP contribution is -2.53. The number of ether oxygens (including phenoxy) is 1. The number of hydrogen-bond donors (Lipinski definition) is 3. The van der Waals surface area contributed by atoms with Crippen molar-refractivity contribution in [2.75, 3.05) is 33.4 Å². The quantitative estimate of drug-likeness (QED) is 0.573. The third-order valence-corrected chi connectivity index (χ3v) is 4.78. The molecule has 0 spiro atoms. The average Bonchev–Trinajstić information content (AvgIpc) is 3.06. The first-order valence-corrected chi connectivity index (χ1v) is 8.94. The predicted molar refractivity (Wildman–Crippen MR) is 96.9 cm³/mol. The Hall–Kier alpha value is -1.43. The number of rotatable bonds is 10. The van der Waals surface area contributed by atoms with Crippen LogP contribution >= 0.6 is 0 Å². The van der Waals surface area contributed by atoms with Gasteiger partial charge in [0.15, 0.2) is 0 Å². The fraction of sp³-hybridized carbons (Fsp3) is 0.632. The molecule has 3 N–H and O–H groups in total. The molecule has 24 heavy (non-hydrogen) atoms. The summed E-state index contributed by atoms with van der Waals surface area (Å²) in [6, 6.07) is 10.8. The van der Waals surface area contributed by atoms with Crippen LogP contribution < -0.4 is 16.0 Å². The zero-order chi connectivity index (χ0) is 17.3. The molecule has 1 fully saturated rings. The standard InChI is InChI=1S/C19H31N3O2/c1-16(17-8-4-3-5-9-17)22-19(10-6-7-11-19)15-21-18(23)14-20-12-13-24-2/h3-5,8-9,16,20,22H,6-7,10-15H2,1-2H3,(H,21,23). The molecule has 1 aliphatic carbocycles. The number of hydrogen-bond acceptors (Lipinski definition) is 4. The molecule has 0 radical (unpaired) electrons. The smallest absolute Gasteiger partial charge is 0.234 e. The van der Waals surface area contributed by atoms with Crippen molar-refractivity contribution in [3.05, 3.63) is 35.9 Å². The van der Waals surface area contributed by atoms with E-state index in [1.54, 1.807) is 7.11 Å². The van der Waals surface area contributed by atoms with Crippen LogP contribution in [0.15, 0.2) is 30.3 Å². The Morgan fingerprint density at radius 2 is 1.96 bits per heavy atom. The van der Waals surface area contributed by atoms with E-state index in [0.717, 1.165) is 12.8 Å². The molecule has 1 amide bonds. The molecule has 0 aliphatic heterocycles. The molecule has 1 unspecified atom stereocenters. The van der Waals surface area contributed by atoms with Crippen molar-refractivity contribution in [2.45, 2.75) is 44.2 Å². The zero-order valence-corrected chi connectivity index (χ0v) is 14.9. The van der Waals surface area contributed by atoms with Gasteiger partial charge in [0.05, 0.1) is 13.2 Å². The molecule has 1 aromatic carbocycles. The van der Waals surface area contributed by atoms with Crippen LogP contribution in [0.5, 0.6) is 0 Å². The number of carbonyl (C=O) groups excluding carboxylic acids is 1. The SMILES string of the molecule is COCCNCC(=O)NCC1(NC(C)c2ccccc2)CCCC1. The molecular formula is C19H31N3O2. The molecule has 1 saturated carbocycles. The van der Waals surface area contributed by atoms with E-state index in [1.165, 1.54) is 18.4 Å². The third-order valence-electron chi connectivity index (χ3n) is 4.78. The molecule has 5 nitrogen and oxygen atoms in total. The molecule has 0 bridgehead atoms. The van der Waals surface area contributed by atoms with Gasteiger partial charge in [-0.3, -0.25) is 4.79 Å². The van der Waals surface area contributed by atoms with Gasteiger partial charge in [-0.1, -0.05) is 43.2 Å². The van der Waals surface area contributed by atoms with Gasteiger partial charge in [0, 0.05) is 31.8 Å². The lowest BCUT2D eigenvalue weighted by atomic mass is 9.94. The minimum absolute atomic E-state index is 0.0114. The van der Waals surface area contributed by atoms with Crippen LogP contribution in [0.3, 0.4) is 0 Å². The first kappa shape index (κ1) is 18.9. The predicted octanol–water partition coefficient (Wildman–Crippen LogP) is 2.00. The second kappa shape index (κ2) is 9.77. The van der Waals surface area contributed by atoms with Gasteiger partial charge in [0.1, 0.15) is 0 Å². The molecular weight excluding hydrogens is 302 g/mol. The summed E-state index contributed by atoms with van der Waals surface area (Å²) in [5.41, 5.74) is 1.30. The molecule has 0 aromatic heterocycles. The largest absolute Gasteiger partial charge is 0.383 e. The van der Waals surface area contributed by atoms with Gasteiger partial charge in [0.25, 0.3) is 0 Å². The fourth-order valence-corrected chi connectivity index (χ4v) is 3.41. The molecule has 0 saturated heterocycles. The zero-order valence-electron chi connectivity index (χ0n) is 14.9. The molecule has 134 valence electrons.